The van der Waals surface area contributed by atoms with Crippen molar-refractivity contribution in [3.63, 3.8) is 0 Å². The van der Waals surface area contributed by atoms with Crippen LogP contribution in [0.5, 0.6) is 11.5 Å². The summed E-state index contributed by atoms with van der Waals surface area (Å²) in [6.45, 7) is 0.938. The lowest BCUT2D eigenvalue weighted by Gasteiger charge is -1.99. The van der Waals surface area contributed by atoms with Crippen molar-refractivity contribution in [2.24, 2.45) is 5.73 Å². The van der Waals surface area contributed by atoms with Gasteiger partial charge in [-0.25, -0.2) is 4.98 Å². The maximum Gasteiger partial charge on any atom is 0.231 e. The Bertz CT molecular complexity index is 539. The predicted molar refractivity (Wildman–Crippen MR) is 66.4 cm³/mol. The SMILES string of the molecule is NCCc1ncc(-c2ccc3c(c2)OCO3)s1. The number of fused-ring (bicyclic) bond motifs is 1. The van der Waals surface area contributed by atoms with Crippen molar-refractivity contribution in [3.8, 4) is 21.9 Å². The molecule has 88 valence electrons. The van der Waals surface area contributed by atoms with E-state index in [1.807, 2.05) is 24.4 Å². The molecule has 0 saturated carbocycles. The molecule has 0 atom stereocenters. The fraction of sp³-hybridized carbons (Fsp3) is 0.250. The van der Waals surface area contributed by atoms with Crippen molar-refractivity contribution in [2.45, 2.75) is 6.42 Å². The average molecular weight is 248 g/mol. The van der Waals surface area contributed by atoms with Crippen LogP contribution in [0.3, 0.4) is 0 Å². The van der Waals surface area contributed by atoms with Crippen LogP contribution in [-0.4, -0.2) is 18.3 Å². The molecule has 1 aliphatic rings. The van der Waals surface area contributed by atoms with Crippen molar-refractivity contribution in [1.82, 2.24) is 4.98 Å². The molecule has 0 saturated heterocycles. The molecule has 0 aliphatic carbocycles. The van der Waals surface area contributed by atoms with Gasteiger partial charge in [-0.1, -0.05) is 0 Å². The third-order valence-electron chi connectivity index (χ3n) is 2.57. The topological polar surface area (TPSA) is 57.4 Å². The maximum absolute atomic E-state index is 5.51. The molecule has 0 spiro atoms. The first-order valence-electron chi connectivity index (χ1n) is 5.41. The highest BCUT2D eigenvalue weighted by Crippen LogP contribution is 2.37. The van der Waals surface area contributed by atoms with Gasteiger partial charge in [-0.3, -0.25) is 0 Å². The van der Waals surface area contributed by atoms with E-state index in [1.165, 1.54) is 0 Å². The van der Waals surface area contributed by atoms with E-state index in [1.54, 1.807) is 11.3 Å². The molecule has 0 fully saturated rings. The summed E-state index contributed by atoms with van der Waals surface area (Å²) in [5.41, 5.74) is 6.62. The molecule has 1 aliphatic heterocycles. The molecular formula is C12H12N2O2S. The highest BCUT2D eigenvalue weighted by molar-refractivity contribution is 7.15. The molecule has 0 radical (unpaired) electrons. The first kappa shape index (κ1) is 10.6. The van der Waals surface area contributed by atoms with E-state index in [-0.39, 0.29) is 0 Å². The smallest absolute Gasteiger partial charge is 0.231 e. The van der Waals surface area contributed by atoms with E-state index in [0.29, 0.717) is 13.3 Å². The molecule has 3 rings (SSSR count). The molecule has 2 aromatic rings. The Morgan fingerprint density at radius 3 is 3.06 bits per heavy atom. The van der Waals surface area contributed by atoms with Gasteiger partial charge in [0.1, 0.15) is 0 Å². The first-order chi connectivity index (χ1) is 8.36. The van der Waals surface area contributed by atoms with Gasteiger partial charge in [-0.2, -0.15) is 0 Å². The van der Waals surface area contributed by atoms with Gasteiger partial charge in [0.2, 0.25) is 6.79 Å². The summed E-state index contributed by atoms with van der Waals surface area (Å²) in [7, 11) is 0. The van der Waals surface area contributed by atoms with Gasteiger partial charge < -0.3 is 15.2 Å². The predicted octanol–water partition coefficient (Wildman–Crippen LogP) is 2.04. The standard InChI is InChI=1S/C12H12N2O2S/c13-4-3-12-14-6-11(17-12)8-1-2-9-10(5-8)16-7-15-9/h1-2,5-6H,3-4,7,13H2. The number of benzene rings is 1. The number of nitrogens with zero attached hydrogens (tertiary/aromatic N) is 1. The van der Waals surface area contributed by atoms with E-state index >= 15 is 0 Å². The molecule has 0 bridgehead atoms. The average Bonchev–Trinajstić information content (AvgIpc) is 2.96. The second-order valence-corrected chi connectivity index (χ2v) is 4.84. The number of thiazole rings is 1. The fourth-order valence-electron chi connectivity index (χ4n) is 1.73. The van der Waals surface area contributed by atoms with Crippen LogP contribution in [0.2, 0.25) is 0 Å². The number of hydrogen-bond donors (Lipinski definition) is 1. The zero-order chi connectivity index (χ0) is 11.7. The van der Waals surface area contributed by atoms with Crippen LogP contribution in [0.4, 0.5) is 0 Å². The zero-order valence-electron chi connectivity index (χ0n) is 9.18. The van der Waals surface area contributed by atoms with Gasteiger partial charge in [0.15, 0.2) is 11.5 Å². The summed E-state index contributed by atoms with van der Waals surface area (Å²) >= 11 is 1.67. The highest BCUT2D eigenvalue weighted by Gasteiger charge is 2.14. The van der Waals surface area contributed by atoms with Crippen molar-refractivity contribution in [2.75, 3.05) is 13.3 Å². The fourth-order valence-corrected chi connectivity index (χ4v) is 2.66. The highest BCUT2D eigenvalue weighted by atomic mass is 32.1. The molecular weight excluding hydrogens is 236 g/mol. The lowest BCUT2D eigenvalue weighted by atomic mass is 10.2. The number of rotatable bonds is 3. The second-order valence-electron chi connectivity index (χ2n) is 3.72. The molecule has 2 N–H and O–H groups in total. The van der Waals surface area contributed by atoms with E-state index in [0.717, 1.165) is 33.4 Å². The molecule has 4 nitrogen and oxygen atoms in total. The Morgan fingerprint density at radius 1 is 1.29 bits per heavy atom. The molecule has 1 aromatic carbocycles. The minimum absolute atomic E-state index is 0.305. The molecule has 1 aromatic heterocycles. The minimum atomic E-state index is 0.305. The quantitative estimate of drug-likeness (QED) is 0.903. The van der Waals surface area contributed by atoms with Gasteiger partial charge in [0.05, 0.1) is 9.88 Å². The van der Waals surface area contributed by atoms with Gasteiger partial charge in [-0.15, -0.1) is 11.3 Å². The van der Waals surface area contributed by atoms with Crippen molar-refractivity contribution in [3.05, 3.63) is 29.4 Å². The minimum Gasteiger partial charge on any atom is -0.454 e. The Balaban J connectivity index is 1.92. The Hall–Kier alpha value is -1.59. The molecule has 5 heteroatoms. The van der Waals surface area contributed by atoms with E-state index in [9.17, 15) is 0 Å². The number of aromatic nitrogens is 1. The summed E-state index contributed by atoms with van der Waals surface area (Å²) in [6, 6.07) is 5.94. The van der Waals surface area contributed by atoms with Crippen LogP contribution in [-0.2, 0) is 6.42 Å². The molecule has 2 heterocycles. The normalized spacial score (nSPS) is 13.0. The zero-order valence-corrected chi connectivity index (χ0v) is 10.00. The van der Waals surface area contributed by atoms with Gasteiger partial charge in [0, 0.05) is 12.6 Å². The lowest BCUT2D eigenvalue weighted by Crippen LogP contribution is -2.01. The van der Waals surface area contributed by atoms with Crippen LogP contribution in [0.15, 0.2) is 24.4 Å². The van der Waals surface area contributed by atoms with E-state index < -0.39 is 0 Å². The van der Waals surface area contributed by atoms with Crippen LogP contribution in [0.25, 0.3) is 10.4 Å². The summed E-state index contributed by atoms with van der Waals surface area (Å²) in [5, 5.41) is 1.07. The van der Waals surface area contributed by atoms with Gasteiger partial charge in [0.25, 0.3) is 0 Å². The largest absolute Gasteiger partial charge is 0.454 e. The Kier molecular flexibility index (Phi) is 2.70. The second kappa shape index (κ2) is 4.35. The lowest BCUT2D eigenvalue weighted by molar-refractivity contribution is 0.174. The van der Waals surface area contributed by atoms with Crippen molar-refractivity contribution in [1.29, 1.82) is 0 Å². The number of nitrogens with two attached hydrogens (primary N) is 1. The summed E-state index contributed by atoms with van der Waals surface area (Å²) in [6.07, 6.45) is 2.71. The van der Waals surface area contributed by atoms with Crippen LogP contribution >= 0.6 is 11.3 Å². The third kappa shape index (κ3) is 1.99. The van der Waals surface area contributed by atoms with E-state index in [2.05, 4.69) is 4.98 Å². The molecule has 0 unspecified atom stereocenters. The van der Waals surface area contributed by atoms with E-state index in [4.69, 9.17) is 15.2 Å². The third-order valence-corrected chi connectivity index (χ3v) is 3.68. The number of ether oxygens (including phenoxy) is 2. The maximum atomic E-state index is 5.51. The first-order valence-corrected chi connectivity index (χ1v) is 6.23. The monoisotopic (exact) mass is 248 g/mol. The summed E-state index contributed by atoms with van der Waals surface area (Å²) in [4.78, 5) is 5.47. The summed E-state index contributed by atoms with van der Waals surface area (Å²) in [5.74, 6) is 1.61. The van der Waals surface area contributed by atoms with Crippen LogP contribution in [0, 0.1) is 0 Å². The van der Waals surface area contributed by atoms with Crippen molar-refractivity contribution < 1.29 is 9.47 Å². The van der Waals surface area contributed by atoms with Gasteiger partial charge in [-0.05, 0) is 30.3 Å². The van der Waals surface area contributed by atoms with Gasteiger partial charge >= 0.3 is 0 Å². The molecule has 0 amide bonds. The van der Waals surface area contributed by atoms with Crippen LogP contribution in [0.1, 0.15) is 5.01 Å². The molecule has 17 heavy (non-hydrogen) atoms. The Morgan fingerprint density at radius 2 is 2.18 bits per heavy atom. The number of hydrogen-bond acceptors (Lipinski definition) is 5. The van der Waals surface area contributed by atoms with Crippen molar-refractivity contribution >= 4 is 11.3 Å². The summed E-state index contributed by atoms with van der Waals surface area (Å²) < 4.78 is 10.6. The van der Waals surface area contributed by atoms with Crippen LogP contribution < -0.4 is 15.2 Å². The Labute approximate surface area is 103 Å².